The molecule has 20 heavy (non-hydrogen) atoms. The fourth-order valence-corrected chi connectivity index (χ4v) is 2.60. The standard InChI is InChI=1S/C14H15N3O3/c1-3-17-12(11(20-2)8-15-17)14(19)9-6-4-5-7-10(9)16-13(14)18/h4-8,19H,3H2,1-2H3,(H,16,18). The van der Waals surface area contributed by atoms with Crippen LogP contribution in [0.5, 0.6) is 5.75 Å². The van der Waals surface area contributed by atoms with Gasteiger partial charge in [-0.25, -0.2) is 0 Å². The number of aliphatic hydroxyl groups is 1. The molecule has 0 spiro atoms. The Kier molecular flexibility index (Phi) is 2.76. The number of rotatable bonds is 3. The lowest BCUT2D eigenvalue weighted by Gasteiger charge is -2.22. The van der Waals surface area contributed by atoms with Crippen molar-refractivity contribution in [2.75, 3.05) is 12.4 Å². The van der Waals surface area contributed by atoms with E-state index in [-0.39, 0.29) is 0 Å². The molecule has 104 valence electrons. The van der Waals surface area contributed by atoms with Crippen LogP contribution in [0.15, 0.2) is 30.5 Å². The number of fused-ring (bicyclic) bond motifs is 1. The minimum absolute atomic E-state index is 0.352. The highest BCUT2D eigenvalue weighted by Gasteiger charge is 2.50. The molecule has 3 rings (SSSR count). The molecule has 2 aromatic rings. The summed E-state index contributed by atoms with van der Waals surface area (Å²) >= 11 is 0. The van der Waals surface area contributed by atoms with Crippen LogP contribution < -0.4 is 10.1 Å². The highest BCUT2D eigenvalue weighted by atomic mass is 16.5. The van der Waals surface area contributed by atoms with E-state index in [9.17, 15) is 9.90 Å². The number of benzene rings is 1. The Bertz CT molecular complexity index is 659. The van der Waals surface area contributed by atoms with E-state index in [0.717, 1.165) is 0 Å². The first-order chi connectivity index (χ1) is 9.62. The molecule has 1 atom stereocenters. The van der Waals surface area contributed by atoms with Gasteiger partial charge in [0.15, 0.2) is 5.75 Å². The van der Waals surface area contributed by atoms with Crippen molar-refractivity contribution in [2.45, 2.75) is 19.1 Å². The summed E-state index contributed by atoms with van der Waals surface area (Å²) in [6.45, 7) is 2.41. The van der Waals surface area contributed by atoms with Crippen LogP contribution >= 0.6 is 0 Å². The van der Waals surface area contributed by atoms with E-state index >= 15 is 0 Å². The van der Waals surface area contributed by atoms with Crippen molar-refractivity contribution in [1.82, 2.24) is 9.78 Å². The van der Waals surface area contributed by atoms with Crippen molar-refractivity contribution in [3.8, 4) is 5.75 Å². The predicted octanol–water partition coefficient (Wildman–Crippen LogP) is 1.10. The molecule has 2 N–H and O–H groups in total. The van der Waals surface area contributed by atoms with Gasteiger partial charge in [0.1, 0.15) is 5.69 Å². The van der Waals surface area contributed by atoms with Crippen molar-refractivity contribution in [1.29, 1.82) is 0 Å². The van der Waals surface area contributed by atoms with Crippen molar-refractivity contribution in [3.05, 3.63) is 41.7 Å². The van der Waals surface area contributed by atoms with E-state index < -0.39 is 11.5 Å². The number of hydrogen-bond acceptors (Lipinski definition) is 4. The van der Waals surface area contributed by atoms with Crippen LogP contribution in [-0.4, -0.2) is 27.9 Å². The zero-order chi connectivity index (χ0) is 14.3. The molecule has 1 amide bonds. The molecule has 0 saturated carbocycles. The zero-order valence-corrected chi connectivity index (χ0v) is 11.3. The van der Waals surface area contributed by atoms with E-state index in [1.165, 1.54) is 13.3 Å². The lowest BCUT2D eigenvalue weighted by molar-refractivity contribution is -0.130. The number of methoxy groups -OCH3 is 1. The smallest absolute Gasteiger partial charge is 0.267 e. The number of hydrogen-bond donors (Lipinski definition) is 2. The Morgan fingerprint density at radius 3 is 2.90 bits per heavy atom. The number of ether oxygens (including phenoxy) is 1. The van der Waals surface area contributed by atoms with E-state index in [1.807, 2.05) is 6.92 Å². The monoisotopic (exact) mass is 273 g/mol. The molecule has 2 heterocycles. The molecule has 0 radical (unpaired) electrons. The largest absolute Gasteiger partial charge is 0.493 e. The number of aryl methyl sites for hydroxylation is 1. The number of nitrogens with zero attached hydrogens (tertiary/aromatic N) is 2. The number of nitrogens with one attached hydrogen (secondary N) is 1. The molecule has 1 aromatic carbocycles. The number of anilines is 1. The average Bonchev–Trinajstić information content (AvgIpc) is 2.99. The summed E-state index contributed by atoms with van der Waals surface area (Å²) in [7, 11) is 1.49. The molecule has 6 nitrogen and oxygen atoms in total. The number of amides is 1. The van der Waals surface area contributed by atoms with Crippen LogP contribution in [-0.2, 0) is 16.9 Å². The van der Waals surface area contributed by atoms with Crippen LogP contribution in [0, 0.1) is 0 Å². The average molecular weight is 273 g/mol. The van der Waals surface area contributed by atoms with Crippen LogP contribution in [0.1, 0.15) is 18.2 Å². The molecular formula is C14H15N3O3. The first-order valence-electron chi connectivity index (χ1n) is 6.36. The summed E-state index contributed by atoms with van der Waals surface area (Å²) in [5.41, 5.74) is -0.316. The van der Waals surface area contributed by atoms with Gasteiger partial charge in [-0.15, -0.1) is 0 Å². The van der Waals surface area contributed by atoms with Crippen molar-refractivity contribution in [3.63, 3.8) is 0 Å². The van der Waals surface area contributed by atoms with Crippen LogP contribution in [0.4, 0.5) is 5.69 Å². The van der Waals surface area contributed by atoms with Gasteiger partial charge in [-0.1, -0.05) is 18.2 Å². The van der Waals surface area contributed by atoms with Gasteiger partial charge in [0.25, 0.3) is 5.91 Å². The van der Waals surface area contributed by atoms with Crippen molar-refractivity contribution >= 4 is 11.6 Å². The quantitative estimate of drug-likeness (QED) is 0.878. The fourth-order valence-electron chi connectivity index (χ4n) is 2.60. The second-order valence-corrected chi connectivity index (χ2v) is 4.59. The highest BCUT2D eigenvalue weighted by Crippen LogP contribution is 2.43. The minimum Gasteiger partial charge on any atom is -0.493 e. The molecule has 0 bridgehead atoms. The Morgan fingerprint density at radius 1 is 1.45 bits per heavy atom. The Labute approximate surface area is 116 Å². The second kappa shape index (κ2) is 4.35. The predicted molar refractivity (Wildman–Crippen MR) is 72.5 cm³/mol. The van der Waals surface area contributed by atoms with Crippen LogP contribution in [0.25, 0.3) is 0 Å². The third-order valence-corrected chi connectivity index (χ3v) is 3.56. The summed E-state index contributed by atoms with van der Waals surface area (Å²) in [4.78, 5) is 12.3. The summed E-state index contributed by atoms with van der Waals surface area (Å²) < 4.78 is 6.82. The van der Waals surface area contributed by atoms with Gasteiger partial charge in [-0.05, 0) is 13.0 Å². The van der Waals surface area contributed by atoms with Gasteiger partial charge < -0.3 is 15.2 Å². The molecule has 6 heteroatoms. The molecule has 1 aliphatic rings. The number of carbonyl (C=O) groups excluding carboxylic acids is 1. The van der Waals surface area contributed by atoms with Crippen molar-refractivity contribution in [2.24, 2.45) is 0 Å². The Morgan fingerprint density at radius 2 is 2.20 bits per heavy atom. The van der Waals surface area contributed by atoms with E-state index in [0.29, 0.717) is 29.2 Å². The zero-order valence-electron chi connectivity index (χ0n) is 11.3. The maximum atomic E-state index is 12.3. The van der Waals surface area contributed by atoms with E-state index in [1.54, 1.807) is 28.9 Å². The third-order valence-electron chi connectivity index (χ3n) is 3.56. The minimum atomic E-state index is -1.78. The molecule has 0 fully saturated rings. The van der Waals surface area contributed by atoms with Crippen molar-refractivity contribution < 1.29 is 14.6 Å². The van der Waals surface area contributed by atoms with Gasteiger partial charge in [0.05, 0.1) is 13.3 Å². The Balaban J connectivity index is 2.28. The van der Waals surface area contributed by atoms with Crippen LogP contribution in [0.3, 0.4) is 0 Å². The summed E-state index contributed by atoms with van der Waals surface area (Å²) in [6, 6.07) is 7.06. The van der Waals surface area contributed by atoms with Gasteiger partial charge in [0.2, 0.25) is 5.60 Å². The lowest BCUT2D eigenvalue weighted by Crippen LogP contribution is -2.38. The van der Waals surface area contributed by atoms with E-state index in [4.69, 9.17) is 4.74 Å². The fraction of sp³-hybridized carbons (Fsp3) is 0.286. The number of aromatic nitrogens is 2. The molecule has 1 unspecified atom stereocenters. The highest BCUT2D eigenvalue weighted by molar-refractivity contribution is 6.07. The SMILES string of the molecule is CCn1ncc(OC)c1C1(O)C(=O)Nc2ccccc21. The summed E-state index contributed by atoms with van der Waals surface area (Å²) in [6.07, 6.45) is 1.50. The molecule has 0 saturated heterocycles. The summed E-state index contributed by atoms with van der Waals surface area (Å²) in [5.74, 6) is -0.103. The van der Waals surface area contributed by atoms with Gasteiger partial charge >= 0.3 is 0 Å². The molecule has 1 aliphatic heterocycles. The third kappa shape index (κ3) is 1.48. The lowest BCUT2D eigenvalue weighted by atomic mass is 9.91. The normalized spacial score (nSPS) is 20.6. The number of carbonyl (C=O) groups is 1. The number of para-hydroxylation sites is 1. The van der Waals surface area contributed by atoms with Gasteiger partial charge in [0, 0.05) is 17.8 Å². The summed E-state index contributed by atoms with van der Waals surface area (Å²) in [5, 5.41) is 17.9. The molecular weight excluding hydrogens is 258 g/mol. The molecule has 1 aromatic heterocycles. The van der Waals surface area contributed by atoms with Crippen LogP contribution in [0.2, 0.25) is 0 Å². The first kappa shape index (κ1) is 12.7. The maximum Gasteiger partial charge on any atom is 0.267 e. The Hall–Kier alpha value is -2.34. The topological polar surface area (TPSA) is 76.4 Å². The molecule has 0 aliphatic carbocycles. The van der Waals surface area contributed by atoms with E-state index in [2.05, 4.69) is 10.4 Å². The van der Waals surface area contributed by atoms with Gasteiger partial charge in [-0.3, -0.25) is 9.48 Å². The second-order valence-electron chi connectivity index (χ2n) is 4.59. The first-order valence-corrected chi connectivity index (χ1v) is 6.36. The van der Waals surface area contributed by atoms with Gasteiger partial charge in [-0.2, -0.15) is 5.10 Å². The maximum absolute atomic E-state index is 12.3.